The maximum absolute atomic E-state index is 12.1. The zero-order valence-corrected chi connectivity index (χ0v) is 18.5. The van der Waals surface area contributed by atoms with Crippen LogP contribution in [0, 0.1) is 0 Å². The molecule has 0 aliphatic heterocycles. The van der Waals surface area contributed by atoms with Gasteiger partial charge in [-0.3, -0.25) is 4.79 Å². The lowest BCUT2D eigenvalue weighted by Crippen LogP contribution is -2.34. The number of hydrogen-bond donors (Lipinski definition) is 2. The van der Waals surface area contributed by atoms with Gasteiger partial charge in [0.25, 0.3) is 5.56 Å². The molecule has 1 heterocycles. The van der Waals surface area contributed by atoms with Crippen molar-refractivity contribution in [2.45, 2.75) is 64.0 Å². The highest BCUT2D eigenvalue weighted by molar-refractivity contribution is 5.65. The molecule has 0 radical (unpaired) electrons. The predicted octanol–water partition coefficient (Wildman–Crippen LogP) is 4.36. The Morgan fingerprint density at radius 1 is 0.906 bits per heavy atom. The van der Waals surface area contributed by atoms with Crippen molar-refractivity contribution in [1.29, 1.82) is 0 Å². The molecule has 5 heteroatoms. The van der Waals surface area contributed by atoms with Gasteiger partial charge in [-0.25, -0.2) is 5.10 Å². The van der Waals surface area contributed by atoms with Gasteiger partial charge in [0.15, 0.2) is 0 Å². The Morgan fingerprint density at radius 2 is 1.56 bits per heavy atom. The Bertz CT molecular complexity index is 1120. The zero-order valence-electron chi connectivity index (χ0n) is 18.5. The van der Waals surface area contributed by atoms with Crippen molar-refractivity contribution < 1.29 is 4.79 Å². The monoisotopic (exact) mass is 429 g/mol. The Hall–Kier alpha value is -3.05. The minimum absolute atomic E-state index is 0.00507. The number of fused-ring (bicyclic) bond motifs is 1. The molecule has 166 valence electrons. The highest BCUT2D eigenvalue weighted by Crippen LogP contribution is 2.26. The summed E-state index contributed by atoms with van der Waals surface area (Å²) in [7, 11) is 0. The zero-order chi connectivity index (χ0) is 22.3. The van der Waals surface area contributed by atoms with E-state index in [9.17, 15) is 4.79 Å². The summed E-state index contributed by atoms with van der Waals surface area (Å²) in [5, 5.41) is 10.8. The number of carbonyl (C=O) groups is 1. The number of nitrogens with one attached hydrogen (secondary N) is 2. The number of H-pyrrole nitrogens is 1. The summed E-state index contributed by atoms with van der Waals surface area (Å²) < 4.78 is 0. The number of rotatable bonds is 6. The van der Waals surface area contributed by atoms with E-state index in [1.165, 1.54) is 47.1 Å². The molecule has 0 spiro atoms. The Labute approximate surface area is 189 Å². The van der Waals surface area contributed by atoms with Crippen LogP contribution in [0.2, 0.25) is 0 Å². The highest BCUT2D eigenvalue weighted by Gasteiger charge is 2.18. The van der Waals surface area contributed by atoms with Crippen LogP contribution in [0.1, 0.15) is 60.1 Å². The molecular formula is C27H31N3O2. The SMILES string of the molecule is C=O.O=c1[nH]nc(Cc2cccc(-c3cccc(CNC4CCC4)c3)c2)c2c1CCCC2. The first-order valence-electron chi connectivity index (χ1n) is 11.6. The van der Waals surface area contributed by atoms with Gasteiger partial charge in [0, 0.05) is 24.6 Å². The van der Waals surface area contributed by atoms with Crippen LogP contribution in [-0.4, -0.2) is 23.0 Å². The minimum atomic E-state index is -0.00507. The van der Waals surface area contributed by atoms with Crippen LogP contribution in [0.25, 0.3) is 11.1 Å². The quantitative estimate of drug-likeness (QED) is 0.610. The topological polar surface area (TPSA) is 74.8 Å². The molecule has 5 rings (SSSR count). The van der Waals surface area contributed by atoms with Gasteiger partial charge in [0.1, 0.15) is 6.79 Å². The van der Waals surface area contributed by atoms with E-state index in [2.05, 4.69) is 64.0 Å². The van der Waals surface area contributed by atoms with Crippen LogP contribution in [0.4, 0.5) is 0 Å². The molecule has 2 aliphatic rings. The lowest BCUT2D eigenvalue weighted by Gasteiger charge is -2.26. The maximum atomic E-state index is 12.1. The minimum Gasteiger partial charge on any atom is -0.310 e. The summed E-state index contributed by atoms with van der Waals surface area (Å²) in [6.07, 6.45) is 8.83. The first kappa shape index (κ1) is 22.2. The van der Waals surface area contributed by atoms with Crippen LogP contribution < -0.4 is 10.9 Å². The average molecular weight is 430 g/mol. The van der Waals surface area contributed by atoms with E-state index in [-0.39, 0.29) is 5.56 Å². The molecule has 0 amide bonds. The van der Waals surface area contributed by atoms with Gasteiger partial charge in [-0.2, -0.15) is 5.10 Å². The van der Waals surface area contributed by atoms with E-state index < -0.39 is 0 Å². The Morgan fingerprint density at radius 3 is 2.25 bits per heavy atom. The van der Waals surface area contributed by atoms with E-state index in [1.807, 2.05) is 6.79 Å². The average Bonchev–Trinajstić information content (AvgIpc) is 2.82. The van der Waals surface area contributed by atoms with Gasteiger partial charge < -0.3 is 10.1 Å². The predicted molar refractivity (Wildman–Crippen MR) is 128 cm³/mol. The highest BCUT2D eigenvalue weighted by atomic mass is 16.1. The molecule has 2 aliphatic carbocycles. The van der Waals surface area contributed by atoms with E-state index in [4.69, 9.17) is 4.79 Å². The van der Waals surface area contributed by atoms with Crippen molar-refractivity contribution in [2.24, 2.45) is 0 Å². The summed E-state index contributed by atoms with van der Waals surface area (Å²) in [5.74, 6) is 0. The third-order valence-electron chi connectivity index (χ3n) is 6.64. The molecule has 32 heavy (non-hydrogen) atoms. The number of nitrogens with zero attached hydrogens (tertiary/aromatic N) is 1. The van der Waals surface area contributed by atoms with E-state index in [0.717, 1.165) is 49.9 Å². The molecule has 3 aromatic rings. The van der Waals surface area contributed by atoms with Crippen molar-refractivity contribution >= 4 is 6.79 Å². The molecule has 2 N–H and O–H groups in total. The number of aromatic nitrogens is 2. The van der Waals surface area contributed by atoms with Crippen molar-refractivity contribution in [3.8, 4) is 11.1 Å². The van der Waals surface area contributed by atoms with E-state index in [0.29, 0.717) is 6.04 Å². The van der Waals surface area contributed by atoms with Crippen LogP contribution in [0.5, 0.6) is 0 Å². The molecule has 0 unspecified atom stereocenters. The molecule has 1 saturated carbocycles. The Balaban J connectivity index is 0.00000119. The van der Waals surface area contributed by atoms with Crippen LogP contribution in [0.15, 0.2) is 53.3 Å². The summed E-state index contributed by atoms with van der Waals surface area (Å²) >= 11 is 0. The van der Waals surface area contributed by atoms with Crippen molar-refractivity contribution in [3.63, 3.8) is 0 Å². The second-order valence-corrected chi connectivity index (χ2v) is 8.75. The molecular weight excluding hydrogens is 398 g/mol. The van der Waals surface area contributed by atoms with Crippen LogP contribution in [-0.2, 0) is 30.6 Å². The van der Waals surface area contributed by atoms with Gasteiger partial charge in [-0.05, 0) is 72.4 Å². The lowest BCUT2D eigenvalue weighted by molar-refractivity contribution is -0.0979. The van der Waals surface area contributed by atoms with Gasteiger partial charge in [0.2, 0.25) is 0 Å². The molecule has 0 atom stereocenters. The number of carbonyl (C=O) groups excluding carboxylic acids is 1. The molecule has 1 fully saturated rings. The molecule has 2 aromatic carbocycles. The van der Waals surface area contributed by atoms with Gasteiger partial charge in [-0.15, -0.1) is 0 Å². The fourth-order valence-electron chi connectivity index (χ4n) is 4.66. The second kappa shape index (κ2) is 10.5. The molecule has 0 saturated heterocycles. The largest absolute Gasteiger partial charge is 0.310 e. The first-order chi connectivity index (χ1) is 15.8. The molecule has 0 bridgehead atoms. The smallest absolute Gasteiger partial charge is 0.267 e. The van der Waals surface area contributed by atoms with Crippen molar-refractivity contribution in [2.75, 3.05) is 0 Å². The third kappa shape index (κ3) is 5.05. The fourth-order valence-corrected chi connectivity index (χ4v) is 4.66. The standard InChI is InChI=1S/C26H29N3O.CH2O/c30-26-24-13-2-1-12-23(24)25(28-29-26)16-18-6-3-8-20(14-18)21-9-4-7-19(15-21)17-27-22-10-5-11-22;1-2/h3-4,6-9,14-15,22,27H,1-2,5,10-13,16-17H2,(H,29,30);1H2. The normalized spacial score (nSPS) is 15.2. The number of aromatic amines is 1. The van der Waals surface area contributed by atoms with E-state index in [1.54, 1.807) is 0 Å². The maximum Gasteiger partial charge on any atom is 0.267 e. The Kier molecular flexibility index (Phi) is 7.28. The summed E-state index contributed by atoms with van der Waals surface area (Å²) in [4.78, 5) is 20.1. The first-order valence-corrected chi connectivity index (χ1v) is 11.6. The summed E-state index contributed by atoms with van der Waals surface area (Å²) in [5.41, 5.74) is 8.21. The van der Waals surface area contributed by atoms with Crippen molar-refractivity contribution in [3.05, 3.63) is 86.8 Å². The van der Waals surface area contributed by atoms with Crippen LogP contribution in [0.3, 0.4) is 0 Å². The second-order valence-electron chi connectivity index (χ2n) is 8.75. The fraction of sp³-hybridized carbons (Fsp3) is 0.370. The van der Waals surface area contributed by atoms with Gasteiger partial charge in [-0.1, -0.05) is 48.9 Å². The van der Waals surface area contributed by atoms with Crippen molar-refractivity contribution in [1.82, 2.24) is 15.5 Å². The summed E-state index contributed by atoms with van der Waals surface area (Å²) in [6, 6.07) is 18.3. The third-order valence-corrected chi connectivity index (χ3v) is 6.64. The lowest BCUT2D eigenvalue weighted by atomic mass is 9.90. The molecule has 1 aromatic heterocycles. The number of benzene rings is 2. The van der Waals surface area contributed by atoms with E-state index >= 15 is 0 Å². The van der Waals surface area contributed by atoms with Crippen LogP contribution >= 0.6 is 0 Å². The van der Waals surface area contributed by atoms with Gasteiger partial charge >= 0.3 is 0 Å². The number of hydrogen-bond acceptors (Lipinski definition) is 4. The summed E-state index contributed by atoms with van der Waals surface area (Å²) in [6.45, 7) is 2.94. The molecule has 5 nitrogen and oxygen atoms in total. The van der Waals surface area contributed by atoms with Gasteiger partial charge in [0.05, 0.1) is 5.69 Å².